The largest absolute Gasteiger partial charge is 0.398 e. The van der Waals surface area contributed by atoms with Crippen molar-refractivity contribution in [3.8, 4) is 11.1 Å². The van der Waals surface area contributed by atoms with Gasteiger partial charge in [0.05, 0.1) is 0 Å². The van der Waals surface area contributed by atoms with Crippen LogP contribution in [0.2, 0.25) is 5.15 Å². The van der Waals surface area contributed by atoms with Gasteiger partial charge in [-0.2, -0.15) is 0 Å². The van der Waals surface area contributed by atoms with E-state index in [0.29, 0.717) is 16.8 Å². The van der Waals surface area contributed by atoms with Crippen LogP contribution in [0.3, 0.4) is 0 Å². The van der Waals surface area contributed by atoms with Gasteiger partial charge in [0, 0.05) is 22.9 Å². The number of anilines is 1. The van der Waals surface area contributed by atoms with Crippen molar-refractivity contribution in [2.75, 3.05) is 5.73 Å². The van der Waals surface area contributed by atoms with Crippen LogP contribution in [0.5, 0.6) is 0 Å². The number of nitrogen functional groups attached to an aromatic ring is 1. The van der Waals surface area contributed by atoms with E-state index in [-0.39, 0.29) is 5.82 Å². The fraction of sp³-hybridized carbons (Fsp3) is 0.214. The minimum Gasteiger partial charge on any atom is -0.398 e. The van der Waals surface area contributed by atoms with Crippen molar-refractivity contribution in [2.24, 2.45) is 0 Å². The first-order valence-corrected chi connectivity index (χ1v) is 6.24. The Labute approximate surface area is 110 Å². The highest BCUT2D eigenvalue weighted by Gasteiger charge is 2.25. The average Bonchev–Trinajstić information content (AvgIpc) is 3.11. The molecule has 0 saturated heterocycles. The van der Waals surface area contributed by atoms with Gasteiger partial charge in [0.2, 0.25) is 0 Å². The highest BCUT2D eigenvalue weighted by atomic mass is 35.5. The fourth-order valence-electron chi connectivity index (χ4n) is 2.06. The van der Waals surface area contributed by atoms with Crippen LogP contribution < -0.4 is 5.73 Å². The van der Waals surface area contributed by atoms with Crippen molar-refractivity contribution in [1.82, 2.24) is 4.98 Å². The molecule has 0 aliphatic heterocycles. The number of hydrogen-bond donors (Lipinski definition) is 1. The molecule has 1 fully saturated rings. The van der Waals surface area contributed by atoms with Crippen LogP contribution in [0.1, 0.15) is 24.5 Å². The molecule has 1 heterocycles. The quantitative estimate of drug-likeness (QED) is 0.656. The molecule has 2 aromatic rings. The topological polar surface area (TPSA) is 38.9 Å². The van der Waals surface area contributed by atoms with E-state index in [1.807, 2.05) is 6.07 Å². The smallest absolute Gasteiger partial charge is 0.129 e. The zero-order chi connectivity index (χ0) is 12.7. The second kappa shape index (κ2) is 4.25. The Balaban J connectivity index is 2.10. The molecule has 18 heavy (non-hydrogen) atoms. The third-order valence-electron chi connectivity index (χ3n) is 3.13. The standard InChI is InChI=1S/C14H12ClFN2/c15-14-6-9(5-13(18-14)8-1-2-8)11-4-3-10(16)7-12(11)17/h3-8H,1-2,17H2. The summed E-state index contributed by atoms with van der Waals surface area (Å²) in [6, 6.07) is 8.15. The summed E-state index contributed by atoms with van der Waals surface area (Å²) in [6.45, 7) is 0. The van der Waals surface area contributed by atoms with E-state index in [4.69, 9.17) is 17.3 Å². The van der Waals surface area contributed by atoms with Gasteiger partial charge in [-0.3, -0.25) is 0 Å². The first kappa shape index (κ1) is 11.5. The molecule has 0 atom stereocenters. The van der Waals surface area contributed by atoms with Gasteiger partial charge >= 0.3 is 0 Å². The minimum atomic E-state index is -0.334. The fourth-order valence-corrected chi connectivity index (χ4v) is 2.27. The van der Waals surface area contributed by atoms with Crippen LogP contribution in [-0.4, -0.2) is 4.98 Å². The molecule has 1 saturated carbocycles. The maximum absolute atomic E-state index is 13.0. The Bertz CT molecular complexity index is 609. The van der Waals surface area contributed by atoms with Crippen molar-refractivity contribution < 1.29 is 4.39 Å². The van der Waals surface area contributed by atoms with E-state index < -0.39 is 0 Å². The molecule has 92 valence electrons. The highest BCUT2D eigenvalue weighted by Crippen LogP contribution is 2.41. The van der Waals surface area contributed by atoms with Gasteiger partial charge in [-0.1, -0.05) is 11.6 Å². The van der Waals surface area contributed by atoms with E-state index in [0.717, 1.165) is 29.7 Å². The van der Waals surface area contributed by atoms with Crippen molar-refractivity contribution >= 4 is 17.3 Å². The normalized spacial score (nSPS) is 14.8. The lowest BCUT2D eigenvalue weighted by molar-refractivity contribution is 0.628. The van der Waals surface area contributed by atoms with Crippen LogP contribution in [-0.2, 0) is 0 Å². The molecule has 1 aromatic carbocycles. The SMILES string of the molecule is Nc1cc(F)ccc1-c1cc(Cl)nc(C2CC2)c1. The van der Waals surface area contributed by atoms with Gasteiger partial charge in [-0.25, -0.2) is 9.37 Å². The number of benzene rings is 1. The summed E-state index contributed by atoms with van der Waals surface area (Å²) < 4.78 is 13.0. The zero-order valence-corrected chi connectivity index (χ0v) is 10.4. The van der Waals surface area contributed by atoms with Crippen LogP contribution in [0.25, 0.3) is 11.1 Å². The molecule has 2 N–H and O–H groups in total. The molecule has 2 nitrogen and oxygen atoms in total. The molecule has 4 heteroatoms. The Hall–Kier alpha value is -1.61. The molecule has 0 spiro atoms. The Morgan fingerprint density at radius 3 is 2.67 bits per heavy atom. The third-order valence-corrected chi connectivity index (χ3v) is 3.33. The van der Waals surface area contributed by atoms with Gasteiger partial charge in [0.25, 0.3) is 0 Å². The van der Waals surface area contributed by atoms with Crippen molar-refractivity contribution in [2.45, 2.75) is 18.8 Å². The van der Waals surface area contributed by atoms with Crippen LogP contribution >= 0.6 is 11.6 Å². The third kappa shape index (κ3) is 2.18. The Morgan fingerprint density at radius 1 is 1.22 bits per heavy atom. The predicted molar refractivity (Wildman–Crippen MR) is 71.0 cm³/mol. The number of hydrogen-bond acceptors (Lipinski definition) is 2. The molecule has 1 aliphatic carbocycles. The molecular weight excluding hydrogens is 251 g/mol. The van der Waals surface area contributed by atoms with Crippen LogP contribution in [0, 0.1) is 5.82 Å². The molecule has 0 unspecified atom stereocenters. The van der Waals surface area contributed by atoms with Crippen LogP contribution in [0.15, 0.2) is 30.3 Å². The van der Waals surface area contributed by atoms with Crippen molar-refractivity contribution in [3.05, 3.63) is 47.0 Å². The Morgan fingerprint density at radius 2 is 2.00 bits per heavy atom. The summed E-state index contributed by atoms with van der Waals surface area (Å²) in [5, 5.41) is 0.457. The van der Waals surface area contributed by atoms with Gasteiger partial charge in [0.15, 0.2) is 0 Å². The summed E-state index contributed by atoms with van der Waals surface area (Å²) in [5.41, 5.74) is 8.95. The highest BCUT2D eigenvalue weighted by molar-refractivity contribution is 6.29. The van der Waals surface area contributed by atoms with E-state index in [1.165, 1.54) is 12.1 Å². The maximum Gasteiger partial charge on any atom is 0.129 e. The summed E-state index contributed by atoms with van der Waals surface area (Å²) in [5.74, 6) is 0.183. The van der Waals surface area contributed by atoms with Gasteiger partial charge < -0.3 is 5.73 Å². The lowest BCUT2D eigenvalue weighted by Gasteiger charge is -2.08. The summed E-state index contributed by atoms with van der Waals surface area (Å²) in [7, 11) is 0. The Kier molecular flexibility index (Phi) is 2.71. The average molecular weight is 263 g/mol. The van der Waals surface area contributed by atoms with E-state index in [1.54, 1.807) is 12.1 Å². The zero-order valence-electron chi connectivity index (χ0n) is 9.66. The number of nitrogens with zero attached hydrogens (tertiary/aromatic N) is 1. The summed E-state index contributed by atoms with van der Waals surface area (Å²) in [6.07, 6.45) is 2.32. The molecule has 3 rings (SSSR count). The van der Waals surface area contributed by atoms with Gasteiger partial charge in [0.1, 0.15) is 11.0 Å². The van der Waals surface area contributed by atoms with E-state index in [9.17, 15) is 4.39 Å². The molecule has 0 radical (unpaired) electrons. The summed E-state index contributed by atoms with van der Waals surface area (Å²) in [4.78, 5) is 4.32. The van der Waals surface area contributed by atoms with Crippen molar-refractivity contribution in [1.29, 1.82) is 0 Å². The lowest BCUT2D eigenvalue weighted by atomic mass is 10.0. The summed E-state index contributed by atoms with van der Waals surface area (Å²) >= 11 is 6.03. The van der Waals surface area contributed by atoms with Crippen LogP contribution in [0.4, 0.5) is 10.1 Å². The number of pyridine rings is 1. The monoisotopic (exact) mass is 262 g/mol. The van der Waals surface area contributed by atoms with Crippen molar-refractivity contribution in [3.63, 3.8) is 0 Å². The molecule has 1 aliphatic rings. The van der Waals surface area contributed by atoms with Gasteiger partial charge in [-0.15, -0.1) is 0 Å². The number of halogens is 2. The maximum atomic E-state index is 13.0. The number of rotatable bonds is 2. The number of aromatic nitrogens is 1. The molecule has 1 aromatic heterocycles. The first-order chi connectivity index (χ1) is 8.63. The van der Waals surface area contributed by atoms with E-state index >= 15 is 0 Å². The lowest BCUT2D eigenvalue weighted by Crippen LogP contribution is -1.94. The number of nitrogens with two attached hydrogens (primary N) is 1. The first-order valence-electron chi connectivity index (χ1n) is 5.86. The second-order valence-corrected chi connectivity index (χ2v) is 5.00. The molecular formula is C14H12ClFN2. The molecule has 0 amide bonds. The van der Waals surface area contributed by atoms with Gasteiger partial charge in [-0.05, 0) is 48.7 Å². The van der Waals surface area contributed by atoms with E-state index in [2.05, 4.69) is 4.98 Å². The second-order valence-electron chi connectivity index (χ2n) is 4.61. The molecule has 0 bridgehead atoms. The predicted octanol–water partition coefficient (Wildman–Crippen LogP) is 4.00. The minimum absolute atomic E-state index is 0.334.